The molecule has 222 valence electrons. The third-order valence-electron chi connectivity index (χ3n) is 5.96. The van der Waals surface area contributed by atoms with Crippen LogP contribution in [0.15, 0.2) is 60.7 Å². The van der Waals surface area contributed by atoms with Crippen LogP contribution >= 0.6 is 0 Å². The average molecular weight is 603 g/mol. The van der Waals surface area contributed by atoms with Crippen molar-refractivity contribution in [2.24, 2.45) is 0 Å². The molecule has 0 aliphatic carbocycles. The van der Waals surface area contributed by atoms with Gasteiger partial charge >= 0.3 is 47.8 Å². The van der Waals surface area contributed by atoms with Gasteiger partial charge in [-0.3, -0.25) is 19.7 Å². The second kappa shape index (κ2) is 12.6. The van der Waals surface area contributed by atoms with Crippen LogP contribution in [0.3, 0.4) is 0 Å². The highest BCUT2D eigenvalue weighted by atomic mass is 16.6. The standard InChI is InChI=1S/C9H6O3.C8H3NO5.C8H4O3.C4H4O3/c1-5-2-3-6-7(4-5)9(11)12-8(6)10;10-7-4-2-1-3-5(9(12)13)6(4)8(11)14-7;9-7-5-3-1-2-4-6(5)8(10)11-7;5-3-1-2-4(6)7-3/h2-4H,1H3;1-3H;1-4H;1-2H2. The summed E-state index contributed by atoms with van der Waals surface area (Å²) in [6.07, 6.45) is 0.525. The highest BCUT2D eigenvalue weighted by Crippen LogP contribution is 2.28. The fourth-order valence-corrected chi connectivity index (χ4v) is 3.93. The molecule has 0 bridgehead atoms. The average Bonchev–Trinajstić information content (AvgIpc) is 3.69. The van der Waals surface area contributed by atoms with Crippen molar-refractivity contribution in [2.45, 2.75) is 19.8 Å². The number of carbonyl (C=O) groups excluding carboxylic acids is 8. The van der Waals surface area contributed by atoms with E-state index in [1.807, 2.05) is 6.92 Å². The van der Waals surface area contributed by atoms with Gasteiger partial charge in [-0.15, -0.1) is 0 Å². The summed E-state index contributed by atoms with van der Waals surface area (Å²) >= 11 is 0. The van der Waals surface area contributed by atoms with Crippen LogP contribution < -0.4 is 0 Å². The first kappa shape index (κ1) is 30.6. The van der Waals surface area contributed by atoms with Gasteiger partial charge in [0, 0.05) is 6.07 Å². The van der Waals surface area contributed by atoms with E-state index < -0.39 is 58.4 Å². The monoisotopic (exact) mass is 603 g/mol. The molecule has 7 rings (SSSR count). The van der Waals surface area contributed by atoms with Crippen molar-refractivity contribution in [3.63, 3.8) is 0 Å². The molecule has 4 aliphatic rings. The summed E-state index contributed by atoms with van der Waals surface area (Å²) in [6.45, 7) is 1.86. The molecule has 1 fully saturated rings. The van der Waals surface area contributed by atoms with E-state index in [1.165, 1.54) is 12.1 Å². The zero-order valence-corrected chi connectivity index (χ0v) is 22.4. The van der Waals surface area contributed by atoms with Gasteiger partial charge in [-0.05, 0) is 37.3 Å². The molecule has 3 aromatic carbocycles. The molecule has 0 aromatic heterocycles. The van der Waals surface area contributed by atoms with E-state index in [1.54, 1.807) is 42.5 Å². The van der Waals surface area contributed by atoms with Crippen molar-refractivity contribution in [2.75, 3.05) is 0 Å². The predicted molar refractivity (Wildman–Crippen MR) is 140 cm³/mol. The number of aryl methyl sites for hydroxylation is 1. The Bertz CT molecular complexity index is 1760. The molecule has 15 nitrogen and oxygen atoms in total. The number of benzene rings is 3. The smallest absolute Gasteiger partial charge is 0.353 e. The summed E-state index contributed by atoms with van der Waals surface area (Å²) in [6, 6.07) is 15.4. The number of hydrogen-bond acceptors (Lipinski definition) is 14. The van der Waals surface area contributed by atoms with Crippen LogP contribution in [0.25, 0.3) is 0 Å². The molecule has 4 aliphatic heterocycles. The lowest BCUT2D eigenvalue weighted by Crippen LogP contribution is -2.00. The Morgan fingerprint density at radius 2 is 1.00 bits per heavy atom. The minimum Gasteiger partial charge on any atom is -0.393 e. The van der Waals surface area contributed by atoms with E-state index in [4.69, 9.17) is 0 Å². The van der Waals surface area contributed by atoms with Gasteiger partial charge in [-0.25, -0.2) is 28.8 Å². The number of hydrogen-bond donors (Lipinski definition) is 0. The van der Waals surface area contributed by atoms with E-state index in [2.05, 4.69) is 18.9 Å². The van der Waals surface area contributed by atoms with Crippen LogP contribution in [-0.2, 0) is 28.5 Å². The predicted octanol–water partition coefficient (Wildman–Crippen LogP) is 3.06. The summed E-state index contributed by atoms with van der Waals surface area (Å²) < 4.78 is 17.1. The molecule has 0 unspecified atom stereocenters. The van der Waals surface area contributed by atoms with E-state index >= 15 is 0 Å². The quantitative estimate of drug-likeness (QED) is 0.128. The lowest BCUT2D eigenvalue weighted by Gasteiger charge is -1.93. The van der Waals surface area contributed by atoms with Gasteiger partial charge in [-0.2, -0.15) is 0 Å². The SMILES string of the molecule is Cc1ccc2c(c1)C(=O)OC2=O.O=C1CCC(=O)O1.O=C1OC(=O)c2c1cccc2[N+](=O)[O-].O=C1OC(=O)c2ccccc21. The number of carbonyl (C=O) groups is 8. The number of nitrogens with zero attached hydrogens (tertiary/aromatic N) is 1. The summed E-state index contributed by atoms with van der Waals surface area (Å²) in [5, 5.41) is 10.5. The van der Waals surface area contributed by atoms with Crippen LogP contribution in [-0.4, -0.2) is 52.7 Å². The molecular formula is C29H17NO14. The minimum atomic E-state index is -0.961. The van der Waals surface area contributed by atoms with Crippen LogP contribution in [0.5, 0.6) is 0 Å². The molecule has 0 atom stereocenters. The third-order valence-corrected chi connectivity index (χ3v) is 5.96. The van der Waals surface area contributed by atoms with Crippen LogP contribution in [0.1, 0.15) is 80.6 Å². The van der Waals surface area contributed by atoms with E-state index in [9.17, 15) is 48.5 Å². The first-order valence-corrected chi connectivity index (χ1v) is 12.4. The molecule has 15 heteroatoms. The number of cyclic esters (lactones) is 8. The Hall–Kier alpha value is -6.38. The molecule has 0 spiro atoms. The van der Waals surface area contributed by atoms with Crippen molar-refractivity contribution >= 4 is 53.4 Å². The number of rotatable bonds is 1. The van der Waals surface area contributed by atoms with Crippen molar-refractivity contribution in [3.8, 4) is 0 Å². The zero-order chi connectivity index (χ0) is 32.1. The second-order valence-electron chi connectivity index (χ2n) is 8.93. The van der Waals surface area contributed by atoms with Gasteiger partial charge in [-0.1, -0.05) is 29.8 Å². The number of fused-ring (bicyclic) bond motifs is 3. The van der Waals surface area contributed by atoms with Crippen LogP contribution in [0.4, 0.5) is 5.69 Å². The molecular weight excluding hydrogens is 586 g/mol. The first-order chi connectivity index (χ1) is 20.9. The topological polar surface area (TPSA) is 217 Å². The van der Waals surface area contributed by atoms with Crippen LogP contribution in [0, 0.1) is 17.0 Å². The zero-order valence-electron chi connectivity index (χ0n) is 22.4. The lowest BCUT2D eigenvalue weighted by atomic mass is 10.1. The van der Waals surface area contributed by atoms with Gasteiger partial charge in [0.1, 0.15) is 0 Å². The highest BCUT2D eigenvalue weighted by molar-refractivity contribution is 6.17. The Morgan fingerprint density at radius 3 is 1.50 bits per heavy atom. The molecule has 1 saturated heterocycles. The van der Waals surface area contributed by atoms with Gasteiger partial charge in [0.15, 0.2) is 5.56 Å². The number of esters is 8. The largest absolute Gasteiger partial charge is 0.393 e. The first-order valence-electron chi connectivity index (χ1n) is 12.4. The fourth-order valence-electron chi connectivity index (χ4n) is 3.93. The van der Waals surface area contributed by atoms with Crippen molar-refractivity contribution in [3.05, 3.63) is 110 Å². The lowest BCUT2D eigenvalue weighted by molar-refractivity contribution is -0.385. The fraction of sp³-hybridized carbons (Fsp3) is 0.103. The molecule has 0 N–H and O–H groups in total. The van der Waals surface area contributed by atoms with Gasteiger partial charge in [0.05, 0.1) is 45.6 Å². The Morgan fingerprint density at radius 1 is 0.545 bits per heavy atom. The Kier molecular flexibility index (Phi) is 8.79. The Balaban J connectivity index is 0.000000137. The summed E-state index contributed by atoms with van der Waals surface area (Å²) in [5.74, 6) is -4.79. The van der Waals surface area contributed by atoms with E-state index in [0.29, 0.717) is 22.3 Å². The second-order valence-corrected chi connectivity index (χ2v) is 8.93. The number of nitro benzene ring substituents is 1. The van der Waals surface area contributed by atoms with Gasteiger partial charge in [0.2, 0.25) is 0 Å². The third kappa shape index (κ3) is 6.57. The highest BCUT2D eigenvalue weighted by Gasteiger charge is 2.36. The number of ether oxygens (including phenoxy) is 4. The normalized spacial score (nSPS) is 15.1. The maximum atomic E-state index is 11.1. The maximum Gasteiger partial charge on any atom is 0.353 e. The summed E-state index contributed by atoms with van der Waals surface area (Å²) in [4.78, 5) is 95.4. The van der Waals surface area contributed by atoms with Gasteiger partial charge in [0.25, 0.3) is 5.69 Å². The Labute approximate surface area is 245 Å². The molecule has 0 saturated carbocycles. The minimum absolute atomic E-state index is 0.0517. The molecule has 44 heavy (non-hydrogen) atoms. The van der Waals surface area contributed by atoms with E-state index in [0.717, 1.165) is 11.6 Å². The van der Waals surface area contributed by atoms with Crippen molar-refractivity contribution in [1.29, 1.82) is 0 Å². The van der Waals surface area contributed by atoms with Crippen molar-refractivity contribution in [1.82, 2.24) is 0 Å². The van der Waals surface area contributed by atoms with Gasteiger partial charge < -0.3 is 18.9 Å². The molecule has 0 amide bonds. The molecule has 3 aromatic rings. The number of nitro groups is 1. The molecule has 4 heterocycles. The van der Waals surface area contributed by atoms with E-state index in [-0.39, 0.29) is 24.0 Å². The molecule has 0 radical (unpaired) electrons. The van der Waals surface area contributed by atoms with Crippen molar-refractivity contribution < 1.29 is 62.2 Å². The maximum absolute atomic E-state index is 11.1. The van der Waals surface area contributed by atoms with Crippen LogP contribution in [0.2, 0.25) is 0 Å². The summed E-state index contributed by atoms with van der Waals surface area (Å²) in [7, 11) is 0. The summed E-state index contributed by atoms with van der Waals surface area (Å²) in [5.41, 5.74) is 1.69.